The van der Waals surface area contributed by atoms with Crippen LogP contribution in [-0.2, 0) is 26.2 Å². The molecule has 2 aliphatic heterocycles. The fourth-order valence-electron chi connectivity index (χ4n) is 5.09. The summed E-state index contributed by atoms with van der Waals surface area (Å²) in [6.45, 7) is 6.48. The van der Waals surface area contributed by atoms with E-state index < -0.39 is 0 Å². The molecule has 2 aliphatic rings. The molecule has 0 radical (unpaired) electrons. The van der Waals surface area contributed by atoms with Crippen molar-refractivity contribution in [3.63, 3.8) is 0 Å². The van der Waals surface area contributed by atoms with Crippen molar-refractivity contribution in [2.75, 3.05) is 20.0 Å². The molecule has 7 nitrogen and oxygen atoms in total. The summed E-state index contributed by atoms with van der Waals surface area (Å²) in [6, 6.07) is 22.6. The number of hydrogen-bond acceptors (Lipinski definition) is 6. The van der Waals surface area contributed by atoms with Gasteiger partial charge in [-0.15, -0.1) is 0 Å². The second kappa shape index (κ2) is 11.6. The van der Waals surface area contributed by atoms with Gasteiger partial charge in [-0.1, -0.05) is 67.4 Å². The van der Waals surface area contributed by atoms with E-state index in [2.05, 4.69) is 52.8 Å². The lowest BCUT2D eigenvalue weighted by Crippen LogP contribution is -2.24. The molecule has 0 amide bonds. The van der Waals surface area contributed by atoms with E-state index in [1.54, 1.807) is 0 Å². The summed E-state index contributed by atoms with van der Waals surface area (Å²) in [5.74, 6) is 4.06. The second-order valence-corrected chi connectivity index (χ2v) is 10.2. The van der Waals surface area contributed by atoms with E-state index in [1.807, 2.05) is 30.3 Å². The lowest BCUT2D eigenvalue weighted by Gasteiger charge is -2.25. The number of benzene rings is 3. The van der Waals surface area contributed by atoms with Gasteiger partial charge in [0.15, 0.2) is 28.2 Å². The van der Waals surface area contributed by atoms with E-state index >= 15 is 0 Å². The molecular weight excluding hydrogens is 514 g/mol. The van der Waals surface area contributed by atoms with Crippen LogP contribution in [0.4, 0.5) is 0 Å². The summed E-state index contributed by atoms with van der Waals surface area (Å²) in [5, 5.41) is 0.544. The fraction of sp³-hybridized carbons (Fsp3) is 0.323. The van der Waals surface area contributed by atoms with Gasteiger partial charge in [-0.05, 0) is 41.8 Å². The molecule has 0 saturated heterocycles. The van der Waals surface area contributed by atoms with Crippen molar-refractivity contribution in [1.29, 1.82) is 0 Å². The minimum atomic E-state index is 0.258. The summed E-state index contributed by atoms with van der Waals surface area (Å²) >= 11 is 6.87. The van der Waals surface area contributed by atoms with Crippen LogP contribution in [0.15, 0.2) is 66.7 Å². The molecule has 0 saturated carbocycles. The Labute approximate surface area is 233 Å². The molecule has 0 bridgehead atoms. The Bertz CT molecular complexity index is 1440. The van der Waals surface area contributed by atoms with Gasteiger partial charge >= 0.3 is 0 Å². The first-order chi connectivity index (χ1) is 19.2. The van der Waals surface area contributed by atoms with E-state index in [1.165, 1.54) is 0 Å². The lowest BCUT2D eigenvalue weighted by molar-refractivity contribution is 0.170. The van der Waals surface area contributed by atoms with Gasteiger partial charge in [-0.2, -0.15) is 0 Å². The van der Waals surface area contributed by atoms with Crippen LogP contribution in [0.5, 0.6) is 23.0 Å². The molecule has 0 unspecified atom stereocenters. The van der Waals surface area contributed by atoms with Gasteiger partial charge < -0.3 is 23.5 Å². The summed E-state index contributed by atoms with van der Waals surface area (Å²) in [7, 11) is 0. The monoisotopic (exact) mass is 545 g/mol. The number of halogens is 1. The number of unbranched alkanes of at least 4 members (excludes halogenated alkanes) is 1. The zero-order valence-corrected chi connectivity index (χ0v) is 22.8. The first kappa shape index (κ1) is 25.6. The molecule has 1 aromatic heterocycles. The van der Waals surface area contributed by atoms with Crippen molar-refractivity contribution >= 4 is 11.6 Å². The van der Waals surface area contributed by atoms with Gasteiger partial charge in [0, 0.05) is 31.7 Å². The molecule has 0 fully saturated rings. The Morgan fingerprint density at radius 1 is 0.795 bits per heavy atom. The molecule has 3 aromatic carbocycles. The van der Waals surface area contributed by atoms with Crippen LogP contribution in [0.2, 0.25) is 5.15 Å². The van der Waals surface area contributed by atoms with Gasteiger partial charge in [-0.25, -0.2) is 4.98 Å². The minimum Gasteiger partial charge on any atom is -0.486 e. The van der Waals surface area contributed by atoms with Crippen LogP contribution in [0.1, 0.15) is 36.6 Å². The van der Waals surface area contributed by atoms with Crippen LogP contribution < -0.4 is 18.9 Å². The highest BCUT2D eigenvalue weighted by Gasteiger charge is 2.22. The zero-order chi connectivity index (χ0) is 26.6. The van der Waals surface area contributed by atoms with Gasteiger partial charge in [0.25, 0.3) is 0 Å². The molecule has 39 heavy (non-hydrogen) atoms. The maximum Gasteiger partial charge on any atom is 0.231 e. The number of hydrogen-bond donors (Lipinski definition) is 0. The number of imidazole rings is 1. The average Bonchev–Trinajstić information content (AvgIpc) is 3.56. The van der Waals surface area contributed by atoms with Gasteiger partial charge in [-0.3, -0.25) is 4.90 Å². The molecule has 202 valence electrons. The van der Waals surface area contributed by atoms with E-state index in [9.17, 15) is 0 Å². The minimum absolute atomic E-state index is 0.258. The van der Waals surface area contributed by atoms with Crippen LogP contribution in [0, 0.1) is 0 Å². The average molecular weight is 546 g/mol. The molecule has 6 rings (SSSR count). The molecule has 0 aliphatic carbocycles. The zero-order valence-electron chi connectivity index (χ0n) is 22.1. The fourth-order valence-corrected chi connectivity index (χ4v) is 5.34. The van der Waals surface area contributed by atoms with Crippen LogP contribution in [0.25, 0.3) is 11.4 Å². The second-order valence-electron chi connectivity index (χ2n) is 9.85. The molecule has 0 spiro atoms. The maximum absolute atomic E-state index is 6.87. The summed E-state index contributed by atoms with van der Waals surface area (Å²) in [5.41, 5.74) is 4.35. The molecule has 0 N–H and O–H groups in total. The standard InChI is InChI=1S/C31H32ClN3O4/c1-2-3-13-35-25(30(32)33-31(35)24-7-5-4-6-8-24)20-34(19-23-10-12-27-29(17-23)39-21-38-27)18-22-9-11-26-28(16-22)37-15-14-36-26/h4-12,16-17H,2-3,13-15,18-21H2,1H3. The highest BCUT2D eigenvalue weighted by atomic mass is 35.5. The smallest absolute Gasteiger partial charge is 0.231 e. The SMILES string of the molecule is CCCCn1c(-c2ccccc2)nc(Cl)c1CN(Cc1ccc2c(c1)OCCO2)Cc1ccc2c(c1)OCO2. The van der Waals surface area contributed by atoms with E-state index in [0.717, 1.165) is 70.6 Å². The Hall–Kier alpha value is -3.68. The van der Waals surface area contributed by atoms with E-state index in [-0.39, 0.29) is 6.79 Å². The highest BCUT2D eigenvalue weighted by molar-refractivity contribution is 6.30. The van der Waals surface area contributed by atoms with Crippen molar-refractivity contribution in [1.82, 2.24) is 14.5 Å². The van der Waals surface area contributed by atoms with E-state index in [0.29, 0.717) is 38.0 Å². The molecular formula is C31H32ClN3O4. The Kier molecular flexibility index (Phi) is 7.61. The third-order valence-corrected chi connectivity index (χ3v) is 7.32. The first-order valence-corrected chi connectivity index (χ1v) is 13.9. The predicted molar refractivity (Wildman–Crippen MR) is 151 cm³/mol. The van der Waals surface area contributed by atoms with Crippen molar-refractivity contribution < 1.29 is 18.9 Å². The maximum atomic E-state index is 6.87. The number of aromatic nitrogens is 2. The third-order valence-electron chi connectivity index (χ3n) is 7.02. The van der Waals surface area contributed by atoms with Gasteiger partial charge in [0.2, 0.25) is 6.79 Å². The number of ether oxygens (including phenoxy) is 4. The Morgan fingerprint density at radius 2 is 1.44 bits per heavy atom. The largest absolute Gasteiger partial charge is 0.486 e. The molecule has 0 atom stereocenters. The Morgan fingerprint density at radius 3 is 2.15 bits per heavy atom. The Balaban J connectivity index is 1.34. The van der Waals surface area contributed by atoms with E-state index in [4.69, 9.17) is 35.5 Å². The van der Waals surface area contributed by atoms with Gasteiger partial charge in [0.05, 0.1) is 5.69 Å². The highest BCUT2D eigenvalue weighted by Crippen LogP contribution is 2.35. The number of rotatable bonds is 10. The summed E-state index contributed by atoms with van der Waals surface area (Å²) in [6.07, 6.45) is 2.13. The molecule has 8 heteroatoms. The van der Waals surface area contributed by atoms with Gasteiger partial charge in [0.1, 0.15) is 19.0 Å². The third kappa shape index (κ3) is 5.70. The quantitative estimate of drug-likeness (QED) is 0.221. The van der Waals surface area contributed by atoms with Crippen molar-refractivity contribution in [3.05, 3.63) is 88.7 Å². The van der Waals surface area contributed by atoms with Crippen LogP contribution in [-0.4, -0.2) is 34.5 Å². The molecule has 4 aromatic rings. The summed E-state index contributed by atoms with van der Waals surface area (Å²) in [4.78, 5) is 7.21. The number of nitrogens with zero attached hydrogens (tertiary/aromatic N) is 3. The molecule has 3 heterocycles. The van der Waals surface area contributed by atoms with Crippen molar-refractivity contribution in [2.45, 2.75) is 45.9 Å². The van der Waals surface area contributed by atoms with Crippen LogP contribution >= 0.6 is 11.6 Å². The lowest BCUT2D eigenvalue weighted by atomic mass is 10.1. The topological polar surface area (TPSA) is 58.0 Å². The predicted octanol–water partition coefficient (Wildman–Crippen LogP) is 6.71. The van der Waals surface area contributed by atoms with Crippen LogP contribution in [0.3, 0.4) is 0 Å². The van der Waals surface area contributed by atoms with Crippen molar-refractivity contribution in [3.8, 4) is 34.4 Å². The normalized spacial score (nSPS) is 13.7. The first-order valence-electron chi connectivity index (χ1n) is 13.5. The van der Waals surface area contributed by atoms with Crippen molar-refractivity contribution in [2.24, 2.45) is 0 Å². The summed E-state index contributed by atoms with van der Waals surface area (Å²) < 4.78 is 25.1. The number of fused-ring (bicyclic) bond motifs is 2.